The topological polar surface area (TPSA) is 58.6 Å². The van der Waals surface area contributed by atoms with Gasteiger partial charge in [-0.15, -0.1) is 0 Å². The van der Waals surface area contributed by atoms with Crippen LogP contribution in [0.15, 0.2) is 46.9 Å². The fraction of sp³-hybridized carbons (Fsp3) is 0.263. The fourth-order valence-corrected chi connectivity index (χ4v) is 2.83. The third-order valence-corrected chi connectivity index (χ3v) is 4.52. The number of carbonyl (C=O) groups excluding carboxylic acids is 2. The molecule has 1 N–H and O–H groups in total. The zero-order chi connectivity index (χ0) is 19.1. The Morgan fingerprint density at radius 3 is 2.38 bits per heavy atom. The number of hydrogen-bond donors (Lipinski definition) is 1. The lowest BCUT2D eigenvalue weighted by atomic mass is 10.2. The predicted octanol–water partition coefficient (Wildman–Crippen LogP) is 4.60. The molecule has 2 aromatic carbocycles. The first kappa shape index (κ1) is 20.3. The number of carbonyl (C=O) groups is 2. The Balaban J connectivity index is 1.93. The number of nitrogens with zero attached hydrogens (tertiary/aromatic N) is 1. The summed E-state index contributed by atoms with van der Waals surface area (Å²) in [5.74, 6) is 0.0840. The van der Waals surface area contributed by atoms with Crippen LogP contribution in [-0.2, 0) is 4.79 Å². The molecule has 0 heterocycles. The average Bonchev–Trinajstić information content (AvgIpc) is 2.64. The van der Waals surface area contributed by atoms with Gasteiger partial charge >= 0.3 is 0 Å². The minimum atomic E-state index is -0.316. The lowest BCUT2D eigenvalue weighted by Gasteiger charge is -2.18. The third-order valence-electron chi connectivity index (χ3n) is 3.72. The van der Waals surface area contributed by atoms with Crippen LogP contribution < -0.4 is 10.1 Å². The van der Waals surface area contributed by atoms with Crippen LogP contribution in [0.5, 0.6) is 5.75 Å². The molecule has 0 atom stereocenters. The third kappa shape index (κ3) is 5.47. The molecule has 138 valence electrons. The molecule has 0 aliphatic carbocycles. The number of nitrogens with one attached hydrogen (secondary N) is 1. The summed E-state index contributed by atoms with van der Waals surface area (Å²) < 4.78 is 6.25. The molecule has 0 spiro atoms. The zero-order valence-corrected chi connectivity index (χ0v) is 16.9. The van der Waals surface area contributed by atoms with Crippen LogP contribution >= 0.6 is 27.5 Å². The van der Waals surface area contributed by atoms with Gasteiger partial charge in [-0.05, 0) is 56.3 Å². The molecule has 7 heteroatoms. The van der Waals surface area contributed by atoms with Gasteiger partial charge in [0.2, 0.25) is 0 Å². The van der Waals surface area contributed by atoms with Gasteiger partial charge in [-0.3, -0.25) is 9.59 Å². The van der Waals surface area contributed by atoms with Crippen molar-refractivity contribution >= 4 is 45.0 Å². The monoisotopic (exact) mass is 438 g/mol. The Hall–Kier alpha value is -2.05. The van der Waals surface area contributed by atoms with Crippen molar-refractivity contribution in [3.05, 3.63) is 57.5 Å². The van der Waals surface area contributed by atoms with Gasteiger partial charge in [0.1, 0.15) is 5.75 Å². The largest absolute Gasteiger partial charge is 0.482 e. The van der Waals surface area contributed by atoms with E-state index in [2.05, 4.69) is 21.2 Å². The molecule has 0 aliphatic heterocycles. The van der Waals surface area contributed by atoms with Gasteiger partial charge in [-0.1, -0.05) is 27.5 Å². The maximum atomic E-state index is 12.3. The van der Waals surface area contributed by atoms with Gasteiger partial charge in [0, 0.05) is 28.8 Å². The molecule has 0 unspecified atom stereocenters. The van der Waals surface area contributed by atoms with Crippen molar-refractivity contribution in [2.75, 3.05) is 25.0 Å². The lowest BCUT2D eigenvalue weighted by Crippen LogP contribution is -2.30. The van der Waals surface area contributed by atoms with Crippen LogP contribution in [0.3, 0.4) is 0 Å². The van der Waals surface area contributed by atoms with Crippen LogP contribution in [0.25, 0.3) is 0 Å². The fourth-order valence-electron chi connectivity index (χ4n) is 2.32. The van der Waals surface area contributed by atoms with E-state index in [0.29, 0.717) is 35.1 Å². The number of rotatable bonds is 7. The van der Waals surface area contributed by atoms with E-state index < -0.39 is 0 Å². The second kappa shape index (κ2) is 9.59. The standard InChI is InChI=1S/C19H20BrClN2O3/c1-3-23(4-2)19(25)13-5-8-15(9-6-13)22-18(24)12-26-17-11-14(20)7-10-16(17)21/h5-11H,3-4,12H2,1-2H3,(H,22,24). The van der Waals surface area contributed by atoms with Crippen LogP contribution in [-0.4, -0.2) is 36.4 Å². The molecule has 0 aliphatic rings. The van der Waals surface area contributed by atoms with Crippen LogP contribution in [0.4, 0.5) is 5.69 Å². The minimum absolute atomic E-state index is 0.0273. The molecule has 0 saturated heterocycles. The Labute approximate surface area is 166 Å². The Morgan fingerprint density at radius 1 is 1.12 bits per heavy atom. The lowest BCUT2D eigenvalue weighted by molar-refractivity contribution is -0.118. The first-order chi connectivity index (χ1) is 12.4. The van der Waals surface area contributed by atoms with Gasteiger partial charge < -0.3 is 15.0 Å². The molecular formula is C19H20BrClN2O3. The van der Waals surface area contributed by atoms with E-state index >= 15 is 0 Å². The molecular weight excluding hydrogens is 420 g/mol. The number of hydrogen-bond acceptors (Lipinski definition) is 3. The van der Waals surface area contributed by atoms with Gasteiger partial charge in [-0.25, -0.2) is 0 Å². The van der Waals surface area contributed by atoms with E-state index in [1.165, 1.54) is 0 Å². The molecule has 26 heavy (non-hydrogen) atoms. The Morgan fingerprint density at radius 2 is 1.77 bits per heavy atom. The molecule has 2 rings (SSSR count). The average molecular weight is 440 g/mol. The highest BCUT2D eigenvalue weighted by Gasteiger charge is 2.12. The zero-order valence-electron chi connectivity index (χ0n) is 14.6. The molecule has 0 fully saturated rings. The molecule has 0 bridgehead atoms. The highest BCUT2D eigenvalue weighted by molar-refractivity contribution is 9.10. The normalized spacial score (nSPS) is 10.3. The summed E-state index contributed by atoms with van der Waals surface area (Å²) >= 11 is 9.35. The van der Waals surface area contributed by atoms with Gasteiger partial charge in [-0.2, -0.15) is 0 Å². The first-order valence-electron chi connectivity index (χ1n) is 8.21. The summed E-state index contributed by atoms with van der Waals surface area (Å²) in [5, 5.41) is 3.16. The quantitative estimate of drug-likeness (QED) is 0.686. The minimum Gasteiger partial charge on any atom is -0.482 e. The van der Waals surface area contributed by atoms with E-state index in [1.807, 2.05) is 13.8 Å². The van der Waals surface area contributed by atoms with E-state index in [-0.39, 0.29) is 18.4 Å². The van der Waals surface area contributed by atoms with Gasteiger partial charge in [0.15, 0.2) is 6.61 Å². The molecule has 0 radical (unpaired) electrons. The maximum absolute atomic E-state index is 12.3. The predicted molar refractivity (Wildman–Crippen MR) is 107 cm³/mol. The van der Waals surface area contributed by atoms with Gasteiger partial charge in [0.05, 0.1) is 5.02 Å². The number of amides is 2. The van der Waals surface area contributed by atoms with Crippen LogP contribution in [0.2, 0.25) is 5.02 Å². The van der Waals surface area contributed by atoms with Crippen molar-refractivity contribution < 1.29 is 14.3 Å². The Kier molecular flexibility index (Phi) is 7.48. The second-order valence-corrected chi connectivity index (χ2v) is 6.79. The van der Waals surface area contributed by atoms with E-state index in [0.717, 1.165) is 4.47 Å². The van der Waals surface area contributed by atoms with Crippen molar-refractivity contribution in [1.29, 1.82) is 0 Å². The van der Waals surface area contributed by atoms with Crippen LogP contribution in [0, 0.1) is 0 Å². The smallest absolute Gasteiger partial charge is 0.262 e. The second-order valence-electron chi connectivity index (χ2n) is 5.47. The van der Waals surface area contributed by atoms with E-state index in [4.69, 9.17) is 16.3 Å². The summed E-state index contributed by atoms with van der Waals surface area (Å²) in [6.07, 6.45) is 0. The molecule has 0 aromatic heterocycles. The molecule has 0 saturated carbocycles. The van der Waals surface area contributed by atoms with Crippen molar-refractivity contribution in [2.24, 2.45) is 0 Å². The molecule has 2 aromatic rings. The summed E-state index contributed by atoms with van der Waals surface area (Å²) in [5.41, 5.74) is 1.18. The number of benzene rings is 2. The SMILES string of the molecule is CCN(CC)C(=O)c1ccc(NC(=O)COc2cc(Br)ccc2Cl)cc1. The van der Waals surface area contributed by atoms with E-state index in [9.17, 15) is 9.59 Å². The summed E-state index contributed by atoms with van der Waals surface area (Å²) in [6.45, 7) is 5.02. The maximum Gasteiger partial charge on any atom is 0.262 e. The highest BCUT2D eigenvalue weighted by atomic mass is 79.9. The number of ether oxygens (including phenoxy) is 1. The van der Waals surface area contributed by atoms with Crippen molar-refractivity contribution in [3.63, 3.8) is 0 Å². The number of anilines is 1. The van der Waals surface area contributed by atoms with Crippen molar-refractivity contribution in [2.45, 2.75) is 13.8 Å². The van der Waals surface area contributed by atoms with E-state index in [1.54, 1.807) is 47.4 Å². The van der Waals surface area contributed by atoms with Crippen molar-refractivity contribution in [1.82, 2.24) is 4.90 Å². The first-order valence-corrected chi connectivity index (χ1v) is 9.38. The van der Waals surface area contributed by atoms with Crippen LogP contribution in [0.1, 0.15) is 24.2 Å². The Bertz CT molecular complexity index is 777. The summed E-state index contributed by atoms with van der Waals surface area (Å²) in [7, 11) is 0. The molecule has 2 amide bonds. The highest BCUT2D eigenvalue weighted by Crippen LogP contribution is 2.27. The summed E-state index contributed by atoms with van der Waals surface area (Å²) in [4.78, 5) is 26.0. The molecule has 5 nitrogen and oxygen atoms in total. The number of halogens is 2. The van der Waals surface area contributed by atoms with Crippen molar-refractivity contribution in [3.8, 4) is 5.75 Å². The summed E-state index contributed by atoms with van der Waals surface area (Å²) in [6, 6.07) is 12.0. The van der Waals surface area contributed by atoms with Gasteiger partial charge in [0.25, 0.3) is 11.8 Å².